The predicted octanol–water partition coefficient (Wildman–Crippen LogP) is 4.67. The topological polar surface area (TPSA) is 71.1 Å². The number of nitrogens with zero attached hydrogens (tertiary/aromatic N) is 1. The maximum Gasteiger partial charge on any atom is 0.232 e. The van der Waals surface area contributed by atoms with E-state index in [1.54, 1.807) is 30.3 Å². The molecule has 23 heavy (non-hydrogen) atoms. The van der Waals surface area contributed by atoms with Crippen LogP contribution in [0.3, 0.4) is 0 Å². The molecule has 0 fully saturated rings. The van der Waals surface area contributed by atoms with Crippen molar-refractivity contribution in [3.63, 3.8) is 0 Å². The number of hydrogen-bond acceptors (Lipinski definition) is 4. The van der Waals surface area contributed by atoms with Crippen LogP contribution in [0.15, 0.2) is 36.5 Å². The Balaban J connectivity index is 2.03. The van der Waals surface area contributed by atoms with Gasteiger partial charge in [-0.15, -0.1) is 0 Å². The van der Waals surface area contributed by atoms with Crippen molar-refractivity contribution in [1.29, 1.82) is 0 Å². The molecule has 0 aliphatic rings. The minimum atomic E-state index is -3.32. The Morgan fingerprint density at radius 2 is 1.83 bits per heavy atom. The molecular weight excluding hydrogens is 357 g/mol. The zero-order valence-corrected chi connectivity index (χ0v) is 14.8. The van der Waals surface area contributed by atoms with Gasteiger partial charge in [0.05, 0.1) is 27.7 Å². The molecule has 124 valence electrons. The third-order valence-corrected chi connectivity index (χ3v) is 5.11. The molecule has 0 bridgehead atoms. The Labute approximate surface area is 146 Å². The molecule has 0 spiro atoms. The summed E-state index contributed by atoms with van der Waals surface area (Å²) in [6.45, 7) is 1.94. The number of anilines is 3. The van der Waals surface area contributed by atoms with Crippen molar-refractivity contribution in [3.8, 4) is 0 Å². The van der Waals surface area contributed by atoms with Gasteiger partial charge in [-0.3, -0.25) is 4.72 Å². The highest BCUT2D eigenvalue weighted by atomic mass is 35.5. The second-order valence-electron chi connectivity index (χ2n) is 4.96. The number of sulfonamides is 1. The summed E-state index contributed by atoms with van der Waals surface area (Å²) in [6, 6.07) is 8.48. The van der Waals surface area contributed by atoms with Crippen molar-refractivity contribution in [2.45, 2.75) is 19.8 Å². The molecule has 0 saturated carbocycles. The van der Waals surface area contributed by atoms with E-state index in [-0.39, 0.29) is 5.75 Å². The van der Waals surface area contributed by atoms with Crippen LogP contribution in [-0.2, 0) is 10.0 Å². The van der Waals surface area contributed by atoms with Crippen LogP contribution in [0, 0.1) is 0 Å². The average Bonchev–Trinajstić information content (AvgIpc) is 2.51. The van der Waals surface area contributed by atoms with E-state index in [0.29, 0.717) is 28.0 Å². The molecule has 2 rings (SSSR count). The Hall–Kier alpha value is -1.50. The van der Waals surface area contributed by atoms with Gasteiger partial charge in [0.2, 0.25) is 10.0 Å². The quantitative estimate of drug-likeness (QED) is 0.739. The first kappa shape index (κ1) is 17.8. The van der Waals surface area contributed by atoms with Crippen molar-refractivity contribution in [2.75, 3.05) is 15.8 Å². The van der Waals surface area contributed by atoms with E-state index in [0.717, 1.165) is 12.1 Å². The van der Waals surface area contributed by atoms with Crippen LogP contribution in [-0.4, -0.2) is 19.2 Å². The van der Waals surface area contributed by atoms with E-state index >= 15 is 0 Å². The number of halogens is 2. The van der Waals surface area contributed by atoms with Crippen LogP contribution in [0.2, 0.25) is 10.0 Å². The van der Waals surface area contributed by atoms with Crippen LogP contribution in [0.5, 0.6) is 0 Å². The molecule has 0 unspecified atom stereocenters. The van der Waals surface area contributed by atoms with Gasteiger partial charge in [-0.25, -0.2) is 13.4 Å². The molecule has 0 aliphatic carbocycles. The fourth-order valence-electron chi connectivity index (χ4n) is 1.81. The highest BCUT2D eigenvalue weighted by Crippen LogP contribution is 2.26. The van der Waals surface area contributed by atoms with Crippen molar-refractivity contribution >= 4 is 50.4 Å². The Morgan fingerprint density at radius 1 is 1.09 bits per heavy atom. The lowest BCUT2D eigenvalue weighted by Crippen LogP contribution is -2.16. The van der Waals surface area contributed by atoms with Crippen LogP contribution in [0.25, 0.3) is 0 Å². The van der Waals surface area contributed by atoms with Gasteiger partial charge in [0.25, 0.3) is 0 Å². The number of pyridine rings is 1. The number of unbranched alkanes of at least 4 members (excludes halogenated alkanes) is 1. The zero-order valence-electron chi connectivity index (χ0n) is 12.5. The fourth-order valence-corrected chi connectivity index (χ4v) is 3.36. The summed E-state index contributed by atoms with van der Waals surface area (Å²) in [5, 5.41) is 3.98. The van der Waals surface area contributed by atoms with Crippen molar-refractivity contribution < 1.29 is 8.42 Å². The number of hydrogen-bond donors (Lipinski definition) is 2. The largest absolute Gasteiger partial charge is 0.340 e. The van der Waals surface area contributed by atoms with Gasteiger partial charge in [0.15, 0.2) is 0 Å². The maximum atomic E-state index is 11.8. The Bertz CT molecular complexity index is 765. The number of benzene rings is 1. The molecule has 5 nitrogen and oxygen atoms in total. The predicted molar refractivity (Wildman–Crippen MR) is 96.3 cm³/mol. The van der Waals surface area contributed by atoms with Gasteiger partial charge in [-0.05, 0) is 36.8 Å². The first-order valence-corrected chi connectivity index (χ1v) is 9.49. The lowest BCUT2D eigenvalue weighted by atomic mass is 10.3. The summed E-state index contributed by atoms with van der Waals surface area (Å²) in [5.41, 5.74) is 1.17. The van der Waals surface area contributed by atoms with Crippen LogP contribution in [0.4, 0.5) is 17.2 Å². The van der Waals surface area contributed by atoms with Crippen molar-refractivity contribution in [1.82, 2.24) is 4.98 Å². The second kappa shape index (κ2) is 7.86. The first-order valence-electron chi connectivity index (χ1n) is 7.08. The smallest absolute Gasteiger partial charge is 0.232 e. The van der Waals surface area contributed by atoms with Gasteiger partial charge in [-0.2, -0.15) is 0 Å². The summed E-state index contributed by atoms with van der Waals surface area (Å²) < 4.78 is 26.1. The molecule has 1 aromatic carbocycles. The lowest BCUT2D eigenvalue weighted by Gasteiger charge is -2.09. The minimum absolute atomic E-state index is 0.104. The van der Waals surface area contributed by atoms with E-state index in [1.165, 1.54) is 6.20 Å². The molecule has 1 heterocycles. The minimum Gasteiger partial charge on any atom is -0.340 e. The van der Waals surface area contributed by atoms with Gasteiger partial charge >= 0.3 is 0 Å². The molecule has 0 radical (unpaired) electrons. The van der Waals surface area contributed by atoms with Crippen LogP contribution < -0.4 is 10.0 Å². The summed E-state index contributed by atoms with van der Waals surface area (Å²) in [7, 11) is -3.32. The molecule has 0 aliphatic heterocycles. The van der Waals surface area contributed by atoms with E-state index in [4.69, 9.17) is 23.2 Å². The summed E-state index contributed by atoms with van der Waals surface area (Å²) in [6.07, 6.45) is 2.91. The number of nitrogens with one attached hydrogen (secondary N) is 2. The molecule has 0 amide bonds. The summed E-state index contributed by atoms with van der Waals surface area (Å²) >= 11 is 11.8. The van der Waals surface area contributed by atoms with Gasteiger partial charge < -0.3 is 5.32 Å². The normalized spacial score (nSPS) is 11.3. The standard InChI is InChI=1S/C15H17Cl2N3O2S/c1-2-3-8-23(21,22)20-12-5-7-15(18-10-12)19-11-4-6-13(16)14(17)9-11/h4-7,9-10,20H,2-3,8H2,1H3,(H,18,19). The monoisotopic (exact) mass is 373 g/mol. The van der Waals surface area contributed by atoms with Crippen LogP contribution >= 0.6 is 23.2 Å². The molecule has 0 saturated heterocycles. The molecule has 1 aromatic heterocycles. The number of rotatable bonds is 7. The average molecular weight is 374 g/mol. The summed E-state index contributed by atoms with van der Waals surface area (Å²) in [5.74, 6) is 0.673. The van der Waals surface area contributed by atoms with Crippen molar-refractivity contribution in [3.05, 3.63) is 46.6 Å². The Kier molecular flexibility index (Phi) is 6.10. The molecule has 0 atom stereocenters. The third kappa shape index (κ3) is 5.57. The van der Waals surface area contributed by atoms with Gasteiger partial charge in [0, 0.05) is 5.69 Å². The van der Waals surface area contributed by atoms with E-state index < -0.39 is 10.0 Å². The third-order valence-electron chi connectivity index (χ3n) is 3.00. The summed E-state index contributed by atoms with van der Waals surface area (Å²) in [4.78, 5) is 4.18. The zero-order chi connectivity index (χ0) is 16.9. The van der Waals surface area contributed by atoms with E-state index in [2.05, 4.69) is 15.0 Å². The SMILES string of the molecule is CCCCS(=O)(=O)Nc1ccc(Nc2ccc(Cl)c(Cl)c2)nc1. The Morgan fingerprint density at radius 3 is 2.43 bits per heavy atom. The first-order chi connectivity index (χ1) is 10.9. The van der Waals surface area contributed by atoms with Gasteiger partial charge in [-0.1, -0.05) is 36.5 Å². The molecule has 8 heteroatoms. The van der Waals surface area contributed by atoms with Crippen LogP contribution in [0.1, 0.15) is 19.8 Å². The lowest BCUT2D eigenvalue weighted by molar-refractivity contribution is 0.598. The fraction of sp³-hybridized carbons (Fsp3) is 0.267. The second-order valence-corrected chi connectivity index (χ2v) is 7.62. The molecule has 2 aromatic rings. The molecule has 2 N–H and O–H groups in total. The highest BCUT2D eigenvalue weighted by Gasteiger charge is 2.09. The van der Waals surface area contributed by atoms with E-state index in [9.17, 15) is 8.42 Å². The maximum absolute atomic E-state index is 11.8. The van der Waals surface area contributed by atoms with E-state index in [1.807, 2.05) is 6.92 Å². The van der Waals surface area contributed by atoms with Crippen molar-refractivity contribution in [2.24, 2.45) is 0 Å². The highest BCUT2D eigenvalue weighted by molar-refractivity contribution is 7.92. The van der Waals surface area contributed by atoms with Gasteiger partial charge in [0.1, 0.15) is 5.82 Å². The number of aromatic nitrogens is 1. The molecular formula is C15H17Cl2N3O2S.